The van der Waals surface area contributed by atoms with E-state index in [1.807, 2.05) is 48.5 Å². The molecular weight excluding hydrogens is 380 g/mol. The van der Waals surface area contributed by atoms with Crippen LogP contribution in [0, 0.1) is 0 Å². The minimum absolute atomic E-state index is 0.298. The first kappa shape index (κ1) is 20.6. The quantitative estimate of drug-likeness (QED) is 0.442. The van der Waals surface area contributed by atoms with Gasteiger partial charge in [-0.3, -0.25) is 10.2 Å². The molecule has 1 amide bonds. The number of rotatable bonds is 8. The van der Waals surface area contributed by atoms with Crippen LogP contribution in [0.2, 0.25) is 0 Å². The number of hydrogen-bond acceptors (Lipinski definition) is 6. The van der Waals surface area contributed by atoms with E-state index >= 15 is 0 Å². The van der Waals surface area contributed by atoms with Crippen molar-refractivity contribution in [2.75, 3.05) is 19.6 Å². The molecule has 0 saturated heterocycles. The molecule has 7 nitrogen and oxygen atoms in total. The first-order chi connectivity index (χ1) is 14.7. The van der Waals surface area contributed by atoms with Gasteiger partial charge in [-0.25, -0.2) is 5.43 Å². The number of methoxy groups -OCH3 is 2. The van der Waals surface area contributed by atoms with Crippen LogP contribution in [0.15, 0.2) is 83.0 Å². The highest BCUT2D eigenvalue weighted by Crippen LogP contribution is 2.12. The normalized spacial score (nSPS) is 10.9. The van der Waals surface area contributed by atoms with E-state index in [1.165, 1.54) is 0 Å². The largest absolute Gasteiger partial charge is 0.497 e. The SMILES string of the molecule is COc1ccc(/C=N/NC(=O)c2ccc(N/N=C/c3ccc(OC)cc3)cc2)cc1. The number of nitrogens with zero attached hydrogens (tertiary/aromatic N) is 2. The molecule has 7 heteroatoms. The number of carbonyl (C=O) groups is 1. The Bertz CT molecular complexity index is 1010. The van der Waals surface area contributed by atoms with Crippen LogP contribution >= 0.6 is 0 Å². The fourth-order valence-electron chi connectivity index (χ4n) is 2.49. The summed E-state index contributed by atoms with van der Waals surface area (Å²) in [6.45, 7) is 0. The number of hydrazone groups is 2. The molecular formula is C23H22N4O3. The number of benzene rings is 3. The van der Waals surface area contributed by atoms with Gasteiger partial charge in [-0.15, -0.1) is 0 Å². The number of nitrogens with one attached hydrogen (secondary N) is 2. The van der Waals surface area contributed by atoms with Crippen molar-refractivity contribution in [1.29, 1.82) is 0 Å². The van der Waals surface area contributed by atoms with Crippen LogP contribution < -0.4 is 20.3 Å². The second kappa shape index (κ2) is 10.4. The molecule has 0 aliphatic rings. The van der Waals surface area contributed by atoms with E-state index in [-0.39, 0.29) is 5.91 Å². The van der Waals surface area contributed by atoms with Crippen LogP contribution in [0.1, 0.15) is 21.5 Å². The molecule has 3 aromatic rings. The van der Waals surface area contributed by atoms with Crippen molar-refractivity contribution >= 4 is 24.0 Å². The van der Waals surface area contributed by atoms with Gasteiger partial charge in [0, 0.05) is 5.56 Å². The van der Waals surface area contributed by atoms with Gasteiger partial charge in [-0.05, 0) is 83.9 Å². The molecule has 0 aliphatic heterocycles. The first-order valence-electron chi connectivity index (χ1n) is 9.18. The van der Waals surface area contributed by atoms with E-state index in [1.54, 1.807) is 50.9 Å². The fraction of sp³-hybridized carbons (Fsp3) is 0.0870. The van der Waals surface area contributed by atoms with E-state index in [9.17, 15) is 4.79 Å². The molecule has 2 N–H and O–H groups in total. The Morgan fingerprint density at radius 1 is 0.733 bits per heavy atom. The molecule has 0 aliphatic carbocycles. The van der Waals surface area contributed by atoms with Gasteiger partial charge >= 0.3 is 0 Å². The number of anilines is 1. The summed E-state index contributed by atoms with van der Waals surface area (Å²) >= 11 is 0. The van der Waals surface area contributed by atoms with Crippen LogP contribution in [0.25, 0.3) is 0 Å². The van der Waals surface area contributed by atoms with Crippen LogP contribution in [0.5, 0.6) is 11.5 Å². The number of carbonyl (C=O) groups excluding carboxylic acids is 1. The van der Waals surface area contributed by atoms with Crippen LogP contribution in [0.4, 0.5) is 5.69 Å². The highest BCUT2D eigenvalue weighted by molar-refractivity contribution is 5.95. The summed E-state index contributed by atoms with van der Waals surface area (Å²) in [5.74, 6) is 1.26. The van der Waals surface area contributed by atoms with Gasteiger partial charge < -0.3 is 9.47 Å². The van der Waals surface area contributed by atoms with Gasteiger partial charge in [0.15, 0.2) is 0 Å². The molecule has 0 atom stereocenters. The molecule has 0 spiro atoms. The van der Waals surface area contributed by atoms with Crippen LogP contribution in [0.3, 0.4) is 0 Å². The second-order valence-electron chi connectivity index (χ2n) is 6.19. The summed E-state index contributed by atoms with van der Waals surface area (Å²) in [6, 6.07) is 21.8. The van der Waals surface area contributed by atoms with Gasteiger partial charge in [0.05, 0.1) is 32.3 Å². The Hall–Kier alpha value is -4.13. The molecule has 152 valence electrons. The Kier molecular flexibility index (Phi) is 7.16. The van der Waals surface area contributed by atoms with Gasteiger partial charge in [0.1, 0.15) is 11.5 Å². The third kappa shape index (κ3) is 5.93. The number of hydrogen-bond donors (Lipinski definition) is 2. The predicted molar refractivity (Wildman–Crippen MR) is 119 cm³/mol. The molecule has 3 aromatic carbocycles. The van der Waals surface area contributed by atoms with E-state index in [0.29, 0.717) is 5.56 Å². The summed E-state index contributed by atoms with van der Waals surface area (Å²) in [7, 11) is 3.24. The molecule has 3 rings (SSSR count). The van der Waals surface area contributed by atoms with E-state index in [2.05, 4.69) is 21.1 Å². The lowest BCUT2D eigenvalue weighted by Crippen LogP contribution is -2.17. The maximum Gasteiger partial charge on any atom is 0.271 e. The molecule has 30 heavy (non-hydrogen) atoms. The lowest BCUT2D eigenvalue weighted by Gasteiger charge is -2.03. The standard InChI is InChI=1S/C23H22N4O3/c1-29-21-11-3-17(4-12-21)15-24-26-20-9-7-19(8-10-20)23(28)27-25-16-18-5-13-22(30-2)14-6-18/h3-16,26H,1-2H3,(H,27,28)/b24-15+,25-16+. The molecule has 0 saturated carbocycles. The van der Waals surface area contributed by atoms with Crippen molar-refractivity contribution in [3.8, 4) is 11.5 Å². The Morgan fingerprint density at radius 2 is 1.23 bits per heavy atom. The predicted octanol–water partition coefficient (Wildman–Crippen LogP) is 3.91. The van der Waals surface area contributed by atoms with Crippen molar-refractivity contribution in [2.24, 2.45) is 10.2 Å². The third-order valence-electron chi connectivity index (χ3n) is 4.17. The lowest BCUT2D eigenvalue weighted by atomic mass is 10.2. The van der Waals surface area contributed by atoms with E-state index in [4.69, 9.17) is 9.47 Å². The van der Waals surface area contributed by atoms with Gasteiger partial charge in [0.2, 0.25) is 0 Å². The number of amides is 1. The molecule has 0 bridgehead atoms. The zero-order valence-electron chi connectivity index (χ0n) is 16.7. The molecule has 0 radical (unpaired) electrons. The lowest BCUT2D eigenvalue weighted by molar-refractivity contribution is 0.0955. The van der Waals surface area contributed by atoms with Gasteiger partial charge in [-0.1, -0.05) is 0 Å². The van der Waals surface area contributed by atoms with Gasteiger partial charge in [0.25, 0.3) is 5.91 Å². The van der Waals surface area contributed by atoms with Crippen molar-refractivity contribution in [2.45, 2.75) is 0 Å². The Balaban J connectivity index is 1.50. The smallest absolute Gasteiger partial charge is 0.271 e. The fourth-order valence-corrected chi connectivity index (χ4v) is 2.49. The summed E-state index contributed by atoms with van der Waals surface area (Å²) in [4.78, 5) is 12.2. The Morgan fingerprint density at radius 3 is 1.73 bits per heavy atom. The average molecular weight is 402 g/mol. The molecule has 0 fully saturated rings. The summed E-state index contributed by atoms with van der Waals surface area (Å²) in [5, 5.41) is 8.17. The topological polar surface area (TPSA) is 84.3 Å². The monoisotopic (exact) mass is 402 g/mol. The third-order valence-corrected chi connectivity index (χ3v) is 4.17. The minimum Gasteiger partial charge on any atom is -0.497 e. The summed E-state index contributed by atoms with van der Waals surface area (Å²) in [5.41, 5.74) is 8.48. The second-order valence-corrected chi connectivity index (χ2v) is 6.19. The first-order valence-corrected chi connectivity index (χ1v) is 9.18. The molecule has 0 aromatic heterocycles. The summed E-state index contributed by atoms with van der Waals surface area (Å²) in [6.07, 6.45) is 3.27. The van der Waals surface area contributed by atoms with Crippen molar-refractivity contribution < 1.29 is 14.3 Å². The van der Waals surface area contributed by atoms with E-state index in [0.717, 1.165) is 28.3 Å². The van der Waals surface area contributed by atoms with E-state index < -0.39 is 0 Å². The summed E-state index contributed by atoms with van der Waals surface area (Å²) < 4.78 is 10.2. The zero-order valence-corrected chi connectivity index (χ0v) is 16.7. The zero-order chi connectivity index (χ0) is 21.2. The maximum atomic E-state index is 12.2. The van der Waals surface area contributed by atoms with Crippen LogP contribution in [-0.2, 0) is 0 Å². The van der Waals surface area contributed by atoms with Gasteiger partial charge in [-0.2, -0.15) is 10.2 Å². The van der Waals surface area contributed by atoms with Crippen molar-refractivity contribution in [1.82, 2.24) is 5.43 Å². The molecule has 0 heterocycles. The molecule has 0 unspecified atom stereocenters. The highest BCUT2D eigenvalue weighted by Gasteiger charge is 2.03. The average Bonchev–Trinajstić information content (AvgIpc) is 2.80. The van der Waals surface area contributed by atoms with Crippen molar-refractivity contribution in [3.05, 3.63) is 89.5 Å². The van der Waals surface area contributed by atoms with Crippen molar-refractivity contribution in [3.63, 3.8) is 0 Å². The minimum atomic E-state index is -0.298. The van der Waals surface area contributed by atoms with Crippen LogP contribution in [-0.4, -0.2) is 32.6 Å². The highest BCUT2D eigenvalue weighted by atomic mass is 16.5. The number of ether oxygens (including phenoxy) is 2. The Labute approximate surface area is 175 Å². The maximum absolute atomic E-state index is 12.2.